The van der Waals surface area contributed by atoms with Gasteiger partial charge in [-0.15, -0.1) is 0 Å². The summed E-state index contributed by atoms with van der Waals surface area (Å²) in [7, 11) is 0. The summed E-state index contributed by atoms with van der Waals surface area (Å²) in [4.78, 5) is 24.3. The second-order valence-electron chi connectivity index (χ2n) is 5.88. The summed E-state index contributed by atoms with van der Waals surface area (Å²) in [6.07, 6.45) is -1.19. The van der Waals surface area contributed by atoms with E-state index in [-0.39, 0.29) is 16.6 Å². The average molecular weight is 417 g/mol. The van der Waals surface area contributed by atoms with Crippen molar-refractivity contribution in [3.63, 3.8) is 0 Å². The third kappa shape index (κ3) is 4.47. The Kier molecular flexibility index (Phi) is 5.81. The fourth-order valence-corrected chi connectivity index (χ4v) is 3.31. The van der Waals surface area contributed by atoms with Gasteiger partial charge in [-0.2, -0.15) is 13.2 Å². The molecule has 27 heavy (non-hydrogen) atoms. The first-order chi connectivity index (χ1) is 12.8. The van der Waals surface area contributed by atoms with Crippen molar-refractivity contribution in [3.05, 3.63) is 46.7 Å². The molecular weight excluding hydrogens is 401 g/mol. The second-order valence-corrected chi connectivity index (χ2v) is 7.06. The van der Waals surface area contributed by atoms with E-state index in [0.29, 0.717) is 37.0 Å². The Labute approximate surface area is 163 Å². The maximum absolute atomic E-state index is 12.9. The molecule has 1 aromatic heterocycles. The number of aromatic nitrogens is 2. The Morgan fingerprint density at radius 1 is 1.22 bits per heavy atom. The van der Waals surface area contributed by atoms with Crippen LogP contribution in [0.4, 0.5) is 18.9 Å². The minimum Gasteiger partial charge on any atom is -0.368 e. The Hall–Kier alpha value is -2.00. The third-order valence-electron chi connectivity index (χ3n) is 4.21. The van der Waals surface area contributed by atoms with E-state index in [1.807, 2.05) is 4.90 Å². The molecule has 144 valence electrons. The van der Waals surface area contributed by atoms with Crippen molar-refractivity contribution in [1.82, 2.24) is 14.9 Å². The number of piperazine rings is 1. The Morgan fingerprint density at radius 2 is 1.93 bits per heavy atom. The second kappa shape index (κ2) is 7.93. The van der Waals surface area contributed by atoms with Crippen molar-refractivity contribution >= 4 is 35.0 Å². The molecule has 2 heterocycles. The van der Waals surface area contributed by atoms with Crippen molar-refractivity contribution in [2.24, 2.45) is 0 Å². The first kappa shape index (κ1) is 19.8. The van der Waals surface area contributed by atoms with Crippen molar-refractivity contribution in [2.45, 2.75) is 11.3 Å². The van der Waals surface area contributed by atoms with E-state index in [2.05, 4.69) is 9.97 Å². The molecule has 0 radical (unpaired) electrons. The van der Waals surface area contributed by atoms with Crippen LogP contribution < -0.4 is 4.90 Å². The van der Waals surface area contributed by atoms with Crippen LogP contribution in [0.5, 0.6) is 0 Å². The Balaban J connectivity index is 1.70. The highest BCUT2D eigenvalue weighted by molar-refractivity contribution is 7.98. The topological polar surface area (TPSA) is 49.3 Å². The normalized spacial score (nSPS) is 15.1. The molecule has 0 atom stereocenters. The van der Waals surface area contributed by atoms with Gasteiger partial charge in [0.25, 0.3) is 5.91 Å². The molecule has 0 saturated carbocycles. The summed E-state index contributed by atoms with van der Waals surface area (Å²) in [5, 5.41) is 0.628. The third-order valence-corrected chi connectivity index (χ3v) is 5.05. The lowest BCUT2D eigenvalue weighted by atomic mass is 10.1. The first-order valence-electron chi connectivity index (χ1n) is 8.07. The van der Waals surface area contributed by atoms with Gasteiger partial charge in [0.1, 0.15) is 0 Å². The van der Waals surface area contributed by atoms with Crippen molar-refractivity contribution < 1.29 is 18.0 Å². The van der Waals surface area contributed by atoms with Gasteiger partial charge in [0.2, 0.25) is 0 Å². The Morgan fingerprint density at radius 3 is 2.56 bits per heavy atom. The van der Waals surface area contributed by atoms with Crippen molar-refractivity contribution in [1.29, 1.82) is 0 Å². The molecule has 0 spiro atoms. The molecule has 3 rings (SSSR count). The molecule has 1 aliphatic heterocycles. The largest absolute Gasteiger partial charge is 0.416 e. The van der Waals surface area contributed by atoms with E-state index < -0.39 is 11.7 Å². The highest BCUT2D eigenvalue weighted by Gasteiger charge is 2.31. The quantitative estimate of drug-likeness (QED) is 0.562. The van der Waals surface area contributed by atoms with Crippen LogP contribution in [0.1, 0.15) is 16.1 Å². The lowest BCUT2D eigenvalue weighted by Crippen LogP contribution is -2.49. The summed E-state index contributed by atoms with van der Waals surface area (Å²) in [6.45, 7) is 1.57. The minimum atomic E-state index is -4.38. The smallest absolute Gasteiger partial charge is 0.368 e. The van der Waals surface area contributed by atoms with E-state index in [1.165, 1.54) is 24.0 Å². The van der Waals surface area contributed by atoms with E-state index in [9.17, 15) is 18.0 Å². The predicted molar refractivity (Wildman–Crippen MR) is 98.4 cm³/mol. The lowest BCUT2D eigenvalue weighted by molar-refractivity contribution is -0.137. The molecule has 0 aliphatic carbocycles. The van der Waals surface area contributed by atoms with Crippen LogP contribution in [0.15, 0.2) is 35.6 Å². The monoisotopic (exact) mass is 416 g/mol. The number of hydrogen-bond donors (Lipinski definition) is 0. The lowest BCUT2D eigenvalue weighted by Gasteiger charge is -2.36. The zero-order valence-electron chi connectivity index (χ0n) is 14.3. The first-order valence-corrected chi connectivity index (χ1v) is 9.68. The number of halogens is 4. The van der Waals surface area contributed by atoms with E-state index in [4.69, 9.17) is 11.6 Å². The van der Waals surface area contributed by atoms with Gasteiger partial charge in [-0.1, -0.05) is 29.4 Å². The Bertz CT molecular complexity index is 841. The molecule has 0 unspecified atom stereocenters. The van der Waals surface area contributed by atoms with Gasteiger partial charge >= 0.3 is 6.18 Å². The minimum absolute atomic E-state index is 0.142. The molecular formula is C17H16ClF3N4OS. The highest BCUT2D eigenvalue weighted by atomic mass is 35.5. The summed E-state index contributed by atoms with van der Waals surface area (Å²) < 4.78 is 38.7. The standard InChI is InChI=1S/C17H16ClF3N4OS/c1-27-16-22-10-13(18)14(23-16)15(26)25-7-5-24(6-8-25)12-4-2-3-11(9-12)17(19,20)21/h2-4,9-10H,5-8H2,1H3. The molecule has 1 aliphatic rings. The summed E-state index contributed by atoms with van der Waals surface area (Å²) in [5.41, 5.74) is -0.0546. The number of alkyl halides is 3. The van der Waals surface area contributed by atoms with Crippen molar-refractivity contribution in [2.75, 3.05) is 37.3 Å². The number of rotatable bonds is 3. The van der Waals surface area contributed by atoms with Crippen LogP contribution in [0, 0.1) is 0 Å². The summed E-state index contributed by atoms with van der Waals surface area (Å²) >= 11 is 7.36. The van der Waals surface area contributed by atoms with Gasteiger partial charge in [-0.3, -0.25) is 4.79 Å². The van der Waals surface area contributed by atoms with Crippen molar-refractivity contribution in [3.8, 4) is 0 Å². The van der Waals surface area contributed by atoms with Gasteiger partial charge < -0.3 is 9.80 Å². The fraction of sp³-hybridized carbons (Fsp3) is 0.353. The van der Waals surface area contributed by atoms with Crippen LogP contribution in [-0.2, 0) is 6.18 Å². The molecule has 5 nitrogen and oxygen atoms in total. The van der Waals surface area contributed by atoms with Gasteiger partial charge in [0.15, 0.2) is 10.9 Å². The number of hydrogen-bond acceptors (Lipinski definition) is 5. The number of amides is 1. The zero-order chi connectivity index (χ0) is 19.6. The maximum atomic E-state index is 12.9. The van der Waals surface area contributed by atoms with Crippen LogP contribution in [-0.4, -0.2) is 53.2 Å². The van der Waals surface area contributed by atoms with Gasteiger partial charge in [0, 0.05) is 31.9 Å². The molecule has 1 fully saturated rings. The number of thioether (sulfide) groups is 1. The summed E-state index contributed by atoms with van der Waals surface area (Å²) in [5.74, 6) is -0.304. The SMILES string of the molecule is CSc1ncc(Cl)c(C(=O)N2CCN(c3cccc(C(F)(F)F)c3)CC2)n1. The van der Waals surface area contributed by atoms with Crippen LogP contribution in [0.3, 0.4) is 0 Å². The van der Waals surface area contributed by atoms with Crippen LogP contribution in [0.2, 0.25) is 5.02 Å². The van der Waals surface area contributed by atoms with Crippen LogP contribution in [0.25, 0.3) is 0 Å². The highest BCUT2D eigenvalue weighted by Crippen LogP contribution is 2.32. The number of nitrogens with zero attached hydrogens (tertiary/aromatic N) is 4. The van der Waals surface area contributed by atoms with E-state index in [1.54, 1.807) is 17.2 Å². The molecule has 0 bridgehead atoms. The number of benzene rings is 1. The van der Waals surface area contributed by atoms with E-state index in [0.717, 1.165) is 12.1 Å². The average Bonchev–Trinajstić information content (AvgIpc) is 2.67. The van der Waals surface area contributed by atoms with E-state index >= 15 is 0 Å². The number of carbonyl (C=O) groups is 1. The van der Waals surface area contributed by atoms with Crippen LogP contribution >= 0.6 is 23.4 Å². The number of carbonyl (C=O) groups excluding carboxylic acids is 1. The number of anilines is 1. The molecule has 2 aromatic rings. The maximum Gasteiger partial charge on any atom is 0.416 e. The fourth-order valence-electron chi connectivity index (χ4n) is 2.80. The van der Waals surface area contributed by atoms with Gasteiger partial charge in [0.05, 0.1) is 16.8 Å². The molecule has 10 heteroatoms. The predicted octanol–water partition coefficient (Wildman–Crippen LogP) is 3.83. The summed E-state index contributed by atoms with van der Waals surface area (Å²) in [6, 6.07) is 5.20. The van der Waals surface area contributed by atoms with Gasteiger partial charge in [-0.05, 0) is 24.5 Å². The van der Waals surface area contributed by atoms with Gasteiger partial charge in [-0.25, -0.2) is 9.97 Å². The molecule has 1 saturated heterocycles. The molecule has 1 aromatic carbocycles. The molecule has 0 N–H and O–H groups in total. The zero-order valence-corrected chi connectivity index (χ0v) is 15.9. The molecule has 1 amide bonds.